The zero-order chi connectivity index (χ0) is 12.3. The zero-order valence-corrected chi connectivity index (χ0v) is 10.0. The molecule has 2 N–H and O–H groups in total. The van der Waals surface area contributed by atoms with Crippen LogP contribution in [0.25, 0.3) is 0 Å². The molecule has 0 unspecified atom stereocenters. The van der Waals surface area contributed by atoms with Crippen molar-refractivity contribution in [2.75, 3.05) is 6.61 Å². The number of hydrogen-bond donors (Lipinski definition) is 2. The molecule has 0 saturated carbocycles. The highest BCUT2D eigenvalue weighted by atomic mass is 35.5. The number of benzene rings is 1. The minimum absolute atomic E-state index is 0.0177. The second kappa shape index (κ2) is 5.34. The average molecular weight is 252 g/mol. The number of aliphatic hydroxyl groups excluding tert-OH is 1. The average Bonchev–Trinajstić information content (AvgIpc) is 2.77. The molecule has 3 nitrogen and oxygen atoms in total. The number of carbonyl (C=O) groups is 1. The number of hydrogen-bond acceptors (Lipinski definition) is 2. The van der Waals surface area contributed by atoms with E-state index in [0.29, 0.717) is 10.6 Å². The fraction of sp³-hybridized carbons (Fsp3) is 0.308. The standard InChI is InChI=1S/C13H14ClNO2/c14-12-4-2-1-3-11(12)13(17)15-10-6-5-9(7-10)8-16/h1-6,9-10,16H,7-8H2,(H,15,17)/t9-,10+/m0/s1. The van der Waals surface area contributed by atoms with Crippen LogP contribution in [0.1, 0.15) is 16.8 Å². The van der Waals surface area contributed by atoms with E-state index in [1.54, 1.807) is 24.3 Å². The van der Waals surface area contributed by atoms with Gasteiger partial charge in [-0.2, -0.15) is 0 Å². The van der Waals surface area contributed by atoms with E-state index in [-0.39, 0.29) is 24.5 Å². The maximum atomic E-state index is 11.9. The second-order valence-corrected chi connectivity index (χ2v) is 4.53. The molecular formula is C13H14ClNO2. The Morgan fingerprint density at radius 1 is 1.41 bits per heavy atom. The highest BCUT2D eigenvalue weighted by Crippen LogP contribution is 2.19. The van der Waals surface area contributed by atoms with Crippen molar-refractivity contribution in [3.8, 4) is 0 Å². The fourth-order valence-electron chi connectivity index (χ4n) is 1.91. The van der Waals surface area contributed by atoms with Gasteiger partial charge in [-0.15, -0.1) is 0 Å². The summed E-state index contributed by atoms with van der Waals surface area (Å²) in [6, 6.07) is 6.94. The lowest BCUT2D eigenvalue weighted by molar-refractivity contribution is 0.0941. The van der Waals surface area contributed by atoms with Gasteiger partial charge in [0, 0.05) is 18.6 Å². The third-order valence-electron chi connectivity index (χ3n) is 2.84. The number of aliphatic hydroxyl groups is 1. The first-order chi connectivity index (χ1) is 8.20. The summed E-state index contributed by atoms with van der Waals surface area (Å²) in [6.45, 7) is 0.120. The summed E-state index contributed by atoms with van der Waals surface area (Å²) in [6.07, 6.45) is 4.58. The summed E-state index contributed by atoms with van der Waals surface area (Å²) >= 11 is 5.94. The van der Waals surface area contributed by atoms with Crippen LogP contribution in [0.2, 0.25) is 5.02 Å². The van der Waals surface area contributed by atoms with Gasteiger partial charge in [0.15, 0.2) is 0 Å². The van der Waals surface area contributed by atoms with Crippen molar-refractivity contribution in [2.24, 2.45) is 5.92 Å². The highest BCUT2D eigenvalue weighted by molar-refractivity contribution is 6.33. The Hall–Kier alpha value is -1.32. The first-order valence-electron chi connectivity index (χ1n) is 5.55. The Kier molecular flexibility index (Phi) is 3.82. The molecule has 90 valence electrons. The topological polar surface area (TPSA) is 49.3 Å². The van der Waals surface area contributed by atoms with Gasteiger partial charge in [0.25, 0.3) is 5.91 Å². The van der Waals surface area contributed by atoms with E-state index in [9.17, 15) is 4.79 Å². The van der Waals surface area contributed by atoms with Crippen molar-refractivity contribution in [1.29, 1.82) is 0 Å². The van der Waals surface area contributed by atoms with Gasteiger partial charge in [-0.25, -0.2) is 0 Å². The lowest BCUT2D eigenvalue weighted by atomic mass is 10.1. The van der Waals surface area contributed by atoms with E-state index >= 15 is 0 Å². The fourth-order valence-corrected chi connectivity index (χ4v) is 2.13. The van der Waals surface area contributed by atoms with E-state index in [4.69, 9.17) is 16.7 Å². The summed E-state index contributed by atoms with van der Waals surface area (Å²) < 4.78 is 0. The Morgan fingerprint density at radius 2 is 2.18 bits per heavy atom. The van der Waals surface area contributed by atoms with Gasteiger partial charge in [0.05, 0.1) is 10.6 Å². The SMILES string of the molecule is O=C(N[C@@H]1C=C[C@H](CO)C1)c1ccccc1Cl. The molecular weight excluding hydrogens is 238 g/mol. The molecule has 2 rings (SSSR count). The van der Waals surface area contributed by atoms with Crippen LogP contribution in [0.4, 0.5) is 0 Å². The Bertz CT molecular complexity index is 445. The van der Waals surface area contributed by atoms with Gasteiger partial charge in [0.1, 0.15) is 0 Å². The number of halogens is 1. The third kappa shape index (κ3) is 2.87. The Morgan fingerprint density at radius 3 is 2.82 bits per heavy atom. The summed E-state index contributed by atoms with van der Waals surface area (Å²) in [5.41, 5.74) is 0.481. The molecule has 1 aliphatic rings. The van der Waals surface area contributed by atoms with Crippen molar-refractivity contribution in [3.05, 3.63) is 47.0 Å². The molecule has 0 radical (unpaired) electrons. The van der Waals surface area contributed by atoms with E-state index in [0.717, 1.165) is 6.42 Å². The van der Waals surface area contributed by atoms with Crippen LogP contribution in [-0.2, 0) is 0 Å². The lowest BCUT2D eigenvalue weighted by Gasteiger charge is -2.13. The predicted molar refractivity (Wildman–Crippen MR) is 67.0 cm³/mol. The minimum atomic E-state index is -0.177. The van der Waals surface area contributed by atoms with Crippen LogP contribution in [-0.4, -0.2) is 23.7 Å². The molecule has 0 spiro atoms. The molecule has 1 aliphatic carbocycles. The largest absolute Gasteiger partial charge is 0.396 e. The third-order valence-corrected chi connectivity index (χ3v) is 3.17. The van der Waals surface area contributed by atoms with Crippen molar-refractivity contribution in [1.82, 2.24) is 5.32 Å². The molecule has 0 heterocycles. The maximum Gasteiger partial charge on any atom is 0.253 e. The number of carbonyl (C=O) groups excluding carboxylic acids is 1. The normalized spacial score (nSPS) is 22.7. The highest BCUT2D eigenvalue weighted by Gasteiger charge is 2.20. The minimum Gasteiger partial charge on any atom is -0.396 e. The van der Waals surface area contributed by atoms with Crippen LogP contribution in [0.3, 0.4) is 0 Å². The summed E-state index contributed by atoms with van der Waals surface area (Å²) in [7, 11) is 0. The van der Waals surface area contributed by atoms with Gasteiger partial charge < -0.3 is 10.4 Å². The molecule has 1 amide bonds. The van der Waals surface area contributed by atoms with Gasteiger partial charge in [-0.1, -0.05) is 35.9 Å². The quantitative estimate of drug-likeness (QED) is 0.808. The molecule has 1 aromatic rings. The summed E-state index contributed by atoms with van der Waals surface area (Å²) in [5, 5.41) is 12.3. The van der Waals surface area contributed by atoms with E-state index in [2.05, 4.69) is 5.32 Å². The van der Waals surface area contributed by atoms with Gasteiger partial charge in [0.2, 0.25) is 0 Å². The predicted octanol–water partition coefficient (Wildman–Crippen LogP) is 2.01. The summed E-state index contributed by atoms with van der Waals surface area (Å²) in [4.78, 5) is 11.9. The van der Waals surface area contributed by atoms with Crippen molar-refractivity contribution >= 4 is 17.5 Å². The molecule has 0 aromatic heterocycles. The molecule has 0 fully saturated rings. The number of rotatable bonds is 3. The van der Waals surface area contributed by atoms with Crippen LogP contribution >= 0.6 is 11.6 Å². The zero-order valence-electron chi connectivity index (χ0n) is 9.27. The van der Waals surface area contributed by atoms with Crippen molar-refractivity contribution in [3.63, 3.8) is 0 Å². The molecule has 17 heavy (non-hydrogen) atoms. The van der Waals surface area contributed by atoms with E-state index in [1.807, 2.05) is 12.2 Å². The van der Waals surface area contributed by atoms with E-state index < -0.39 is 0 Å². The lowest BCUT2D eigenvalue weighted by Crippen LogP contribution is -2.33. The first kappa shape index (κ1) is 12.1. The van der Waals surface area contributed by atoms with Crippen LogP contribution < -0.4 is 5.32 Å². The number of amides is 1. The molecule has 1 aromatic carbocycles. The maximum absolute atomic E-state index is 11.9. The molecule has 0 saturated heterocycles. The summed E-state index contributed by atoms with van der Waals surface area (Å²) in [5.74, 6) is -0.0321. The molecule has 0 bridgehead atoms. The second-order valence-electron chi connectivity index (χ2n) is 4.12. The molecule has 0 aliphatic heterocycles. The van der Waals surface area contributed by atoms with Gasteiger partial charge >= 0.3 is 0 Å². The van der Waals surface area contributed by atoms with Gasteiger partial charge in [-0.3, -0.25) is 4.79 Å². The van der Waals surface area contributed by atoms with Gasteiger partial charge in [-0.05, 0) is 18.6 Å². The van der Waals surface area contributed by atoms with Crippen LogP contribution in [0.15, 0.2) is 36.4 Å². The molecule has 2 atom stereocenters. The monoisotopic (exact) mass is 251 g/mol. The molecule has 4 heteroatoms. The number of nitrogens with one attached hydrogen (secondary N) is 1. The Balaban J connectivity index is 1.99. The van der Waals surface area contributed by atoms with Crippen molar-refractivity contribution in [2.45, 2.75) is 12.5 Å². The van der Waals surface area contributed by atoms with E-state index in [1.165, 1.54) is 0 Å². The van der Waals surface area contributed by atoms with Crippen LogP contribution in [0.5, 0.6) is 0 Å². The smallest absolute Gasteiger partial charge is 0.253 e. The van der Waals surface area contributed by atoms with Crippen molar-refractivity contribution < 1.29 is 9.90 Å². The van der Waals surface area contributed by atoms with Crippen LogP contribution in [0, 0.1) is 5.92 Å². The Labute approximate surface area is 105 Å². The first-order valence-corrected chi connectivity index (χ1v) is 5.93.